The van der Waals surface area contributed by atoms with Gasteiger partial charge in [-0.15, -0.1) is 0 Å². The van der Waals surface area contributed by atoms with Crippen LogP contribution >= 0.6 is 0 Å². The van der Waals surface area contributed by atoms with Gasteiger partial charge >= 0.3 is 5.97 Å². The summed E-state index contributed by atoms with van der Waals surface area (Å²) in [6.07, 6.45) is 5.42. The third kappa shape index (κ3) is 3.10. The van der Waals surface area contributed by atoms with Crippen LogP contribution in [0.2, 0.25) is 0 Å². The predicted octanol–water partition coefficient (Wildman–Crippen LogP) is 3.87. The van der Waals surface area contributed by atoms with Crippen molar-refractivity contribution in [3.05, 3.63) is 0 Å². The molecule has 0 amide bonds. The molecule has 0 bridgehead atoms. The van der Waals surface area contributed by atoms with E-state index in [1.807, 2.05) is 0 Å². The number of carboxylic acids is 1. The summed E-state index contributed by atoms with van der Waals surface area (Å²) in [7, 11) is 0. The first kappa shape index (κ1) is 21.0. The smallest absolute Gasteiger partial charge is 0.303 e. The van der Waals surface area contributed by atoms with Gasteiger partial charge in [-0.2, -0.15) is 0 Å². The number of fused-ring (bicyclic) bond motifs is 5. The molecule has 3 unspecified atom stereocenters. The zero-order chi connectivity index (χ0) is 21.1. The van der Waals surface area contributed by atoms with Crippen LogP contribution in [-0.4, -0.2) is 33.9 Å². The van der Waals surface area contributed by atoms with Gasteiger partial charge in [-0.3, -0.25) is 14.4 Å². The molecule has 162 valence electrons. The minimum atomic E-state index is -0.778. The van der Waals surface area contributed by atoms with E-state index in [-0.39, 0.29) is 47.3 Å². The van der Waals surface area contributed by atoms with Crippen LogP contribution in [0.15, 0.2) is 0 Å². The first-order valence-electron chi connectivity index (χ1n) is 11.5. The van der Waals surface area contributed by atoms with Crippen molar-refractivity contribution in [3.8, 4) is 0 Å². The molecule has 0 radical (unpaired) electrons. The number of aliphatic hydroxyl groups is 1. The molecule has 0 spiro atoms. The third-order valence-electron chi connectivity index (χ3n) is 9.93. The van der Waals surface area contributed by atoms with Gasteiger partial charge in [0.25, 0.3) is 0 Å². The van der Waals surface area contributed by atoms with Crippen molar-refractivity contribution in [2.45, 2.75) is 84.7 Å². The number of carbonyl (C=O) groups excluding carboxylic acids is 2. The third-order valence-corrected chi connectivity index (χ3v) is 9.93. The average Bonchev–Trinajstić information content (AvgIpc) is 3.01. The maximum atomic E-state index is 13.6. The molecule has 0 aliphatic heterocycles. The number of Topliss-reactive ketones (excluding diaryl/α,β-unsaturated/α-hetero) is 2. The molecule has 5 nitrogen and oxygen atoms in total. The Morgan fingerprint density at radius 3 is 2.59 bits per heavy atom. The van der Waals surface area contributed by atoms with Gasteiger partial charge in [0.2, 0.25) is 0 Å². The fourth-order valence-electron chi connectivity index (χ4n) is 8.22. The molecule has 0 aromatic rings. The normalized spacial score (nSPS) is 47.9. The summed E-state index contributed by atoms with van der Waals surface area (Å²) >= 11 is 0. The van der Waals surface area contributed by atoms with E-state index in [2.05, 4.69) is 20.8 Å². The molecule has 4 rings (SSSR count). The Kier molecular flexibility index (Phi) is 5.20. The predicted molar refractivity (Wildman–Crippen MR) is 108 cm³/mol. The monoisotopic (exact) mass is 404 g/mol. The fraction of sp³-hybridized carbons (Fsp3) is 0.875. The summed E-state index contributed by atoms with van der Waals surface area (Å²) in [5.74, 6) is 0.911. The van der Waals surface area contributed by atoms with E-state index in [1.165, 1.54) is 0 Å². The van der Waals surface area contributed by atoms with Crippen molar-refractivity contribution in [3.63, 3.8) is 0 Å². The molecule has 5 heteroatoms. The quantitative estimate of drug-likeness (QED) is 0.742. The number of carboxylic acid groups (broad SMARTS) is 1. The molecule has 2 N–H and O–H groups in total. The molecule has 4 saturated carbocycles. The second-order valence-corrected chi connectivity index (χ2v) is 11.0. The highest BCUT2D eigenvalue weighted by Gasteiger charge is 2.65. The molecular weight excluding hydrogens is 368 g/mol. The van der Waals surface area contributed by atoms with E-state index in [1.54, 1.807) is 0 Å². The van der Waals surface area contributed by atoms with Gasteiger partial charge in [-0.25, -0.2) is 0 Å². The fourth-order valence-corrected chi connectivity index (χ4v) is 8.22. The summed E-state index contributed by atoms with van der Waals surface area (Å²) in [5, 5.41) is 20.3. The zero-order valence-electron chi connectivity index (χ0n) is 18.0. The number of aliphatic carboxylic acids is 1. The van der Waals surface area contributed by atoms with Gasteiger partial charge in [0.15, 0.2) is 0 Å². The number of carbonyl (C=O) groups is 3. The topological polar surface area (TPSA) is 91.7 Å². The Bertz CT molecular complexity index is 716. The standard InChI is InChI=1S/C24H36O5/c1-13(4-7-21(28)29)16-5-6-17-22-18(12-20(27)24(16,17)3)23(2)9-8-15(25)10-14(23)11-19(22)26/h13-14,16-19,22,26H,4-12H2,1-3H3,(H,28,29)/t13-,14?,16-,17+,18?,19?,22+,23+,24-/m1/s1. The van der Waals surface area contributed by atoms with E-state index < -0.39 is 17.5 Å². The van der Waals surface area contributed by atoms with E-state index in [4.69, 9.17) is 5.11 Å². The van der Waals surface area contributed by atoms with Crippen molar-refractivity contribution in [2.75, 3.05) is 0 Å². The summed E-state index contributed by atoms with van der Waals surface area (Å²) in [6, 6.07) is 0. The van der Waals surface area contributed by atoms with Crippen molar-refractivity contribution in [2.24, 2.45) is 46.3 Å². The maximum absolute atomic E-state index is 13.6. The highest BCUT2D eigenvalue weighted by atomic mass is 16.4. The lowest BCUT2D eigenvalue weighted by Crippen LogP contribution is -2.61. The molecule has 0 aromatic heterocycles. The van der Waals surface area contributed by atoms with Crippen molar-refractivity contribution < 1.29 is 24.6 Å². The molecule has 4 aliphatic carbocycles. The molecule has 4 fully saturated rings. The summed E-state index contributed by atoms with van der Waals surface area (Å²) in [5.41, 5.74) is -0.477. The number of ketones is 2. The van der Waals surface area contributed by atoms with Crippen LogP contribution < -0.4 is 0 Å². The summed E-state index contributed by atoms with van der Waals surface area (Å²) < 4.78 is 0. The molecular formula is C24H36O5. The summed E-state index contributed by atoms with van der Waals surface area (Å²) in [4.78, 5) is 36.7. The lowest BCUT2D eigenvalue weighted by atomic mass is 9.43. The summed E-state index contributed by atoms with van der Waals surface area (Å²) in [6.45, 7) is 6.48. The first-order chi connectivity index (χ1) is 13.6. The van der Waals surface area contributed by atoms with Crippen LogP contribution in [0.1, 0.15) is 78.6 Å². The Morgan fingerprint density at radius 2 is 1.90 bits per heavy atom. The zero-order valence-corrected chi connectivity index (χ0v) is 18.0. The van der Waals surface area contributed by atoms with Gasteiger partial charge in [0, 0.05) is 31.1 Å². The SMILES string of the molecule is C[C@H](CCC(=O)O)[C@H]1CC[C@H]2[C@@H]3C(O)CC4CC(=O)CC[C@]4(C)C3CC(=O)[C@]12C. The van der Waals surface area contributed by atoms with Gasteiger partial charge in [0.05, 0.1) is 6.10 Å². The molecule has 9 atom stereocenters. The molecule has 4 aliphatic rings. The molecule has 0 heterocycles. The van der Waals surface area contributed by atoms with Gasteiger partial charge < -0.3 is 10.2 Å². The van der Waals surface area contributed by atoms with Gasteiger partial charge in [-0.1, -0.05) is 20.8 Å². The van der Waals surface area contributed by atoms with E-state index >= 15 is 0 Å². The van der Waals surface area contributed by atoms with Crippen molar-refractivity contribution in [1.29, 1.82) is 0 Å². The average molecular weight is 405 g/mol. The number of hydrogen-bond donors (Lipinski definition) is 2. The molecule has 29 heavy (non-hydrogen) atoms. The Hall–Kier alpha value is -1.23. The Morgan fingerprint density at radius 1 is 1.17 bits per heavy atom. The van der Waals surface area contributed by atoms with E-state index in [9.17, 15) is 19.5 Å². The van der Waals surface area contributed by atoms with Gasteiger partial charge in [0.1, 0.15) is 11.6 Å². The molecule has 0 saturated heterocycles. The number of rotatable bonds is 4. The first-order valence-corrected chi connectivity index (χ1v) is 11.5. The maximum Gasteiger partial charge on any atom is 0.303 e. The largest absolute Gasteiger partial charge is 0.481 e. The van der Waals surface area contributed by atoms with Crippen LogP contribution in [0, 0.1) is 46.3 Å². The van der Waals surface area contributed by atoms with Crippen LogP contribution in [0.25, 0.3) is 0 Å². The van der Waals surface area contributed by atoms with Gasteiger partial charge in [-0.05, 0) is 73.0 Å². The Balaban J connectivity index is 1.62. The number of hydrogen-bond acceptors (Lipinski definition) is 4. The van der Waals surface area contributed by atoms with E-state index in [0.717, 1.165) is 19.3 Å². The van der Waals surface area contributed by atoms with Crippen molar-refractivity contribution in [1.82, 2.24) is 0 Å². The molecule has 0 aromatic carbocycles. The van der Waals surface area contributed by atoms with Crippen LogP contribution in [-0.2, 0) is 14.4 Å². The highest BCUT2D eigenvalue weighted by molar-refractivity contribution is 5.87. The van der Waals surface area contributed by atoms with Crippen LogP contribution in [0.4, 0.5) is 0 Å². The van der Waals surface area contributed by atoms with Crippen molar-refractivity contribution >= 4 is 17.5 Å². The van der Waals surface area contributed by atoms with E-state index in [0.29, 0.717) is 43.7 Å². The minimum Gasteiger partial charge on any atom is -0.481 e. The number of aliphatic hydroxyl groups excluding tert-OH is 1. The Labute approximate surface area is 173 Å². The van der Waals surface area contributed by atoms with Crippen LogP contribution in [0.3, 0.4) is 0 Å². The second kappa shape index (κ2) is 7.18. The lowest BCUT2D eigenvalue weighted by Gasteiger charge is -2.61. The van der Waals surface area contributed by atoms with Crippen LogP contribution in [0.5, 0.6) is 0 Å². The second-order valence-electron chi connectivity index (χ2n) is 11.0. The minimum absolute atomic E-state index is 0.0260. The highest BCUT2D eigenvalue weighted by Crippen LogP contribution is 2.67. The lowest BCUT2D eigenvalue weighted by molar-refractivity contribution is -0.177.